The van der Waals surface area contributed by atoms with Gasteiger partial charge in [-0.15, -0.1) is 21.5 Å². The Morgan fingerprint density at radius 1 is 1.22 bits per heavy atom. The van der Waals surface area contributed by atoms with Gasteiger partial charge in [-0.3, -0.25) is 14.5 Å². The molecular weight excluding hydrogens is 362 g/mol. The quantitative estimate of drug-likeness (QED) is 0.512. The SMILES string of the molecule is Cc1csc(NC(=O)c2cc(-c3ccc4occc4c3)cn3cnnc23)n1. The maximum absolute atomic E-state index is 12.8. The Morgan fingerprint density at radius 3 is 3.00 bits per heavy atom. The Labute approximate surface area is 157 Å². The fourth-order valence-electron chi connectivity index (χ4n) is 2.98. The van der Waals surface area contributed by atoms with Crippen molar-refractivity contribution >= 4 is 39.0 Å². The lowest BCUT2D eigenvalue weighted by molar-refractivity contribution is 0.102. The van der Waals surface area contributed by atoms with E-state index in [1.54, 1.807) is 17.0 Å². The highest BCUT2D eigenvalue weighted by Crippen LogP contribution is 2.27. The Morgan fingerprint density at radius 2 is 2.15 bits per heavy atom. The number of aryl methyl sites for hydroxylation is 1. The molecule has 27 heavy (non-hydrogen) atoms. The van der Waals surface area contributed by atoms with Gasteiger partial charge in [-0.2, -0.15) is 0 Å². The molecule has 0 aliphatic carbocycles. The molecule has 0 spiro atoms. The van der Waals surface area contributed by atoms with E-state index in [1.165, 1.54) is 11.3 Å². The first-order valence-corrected chi connectivity index (χ1v) is 9.10. The van der Waals surface area contributed by atoms with Crippen LogP contribution in [0.15, 0.2) is 58.9 Å². The molecule has 1 aromatic carbocycles. The highest BCUT2D eigenvalue weighted by atomic mass is 32.1. The minimum absolute atomic E-state index is 0.270. The second-order valence-corrected chi connectivity index (χ2v) is 6.98. The van der Waals surface area contributed by atoms with Gasteiger partial charge in [0, 0.05) is 17.0 Å². The molecule has 0 saturated heterocycles. The number of carbonyl (C=O) groups is 1. The van der Waals surface area contributed by atoms with Crippen LogP contribution in [-0.4, -0.2) is 25.5 Å². The van der Waals surface area contributed by atoms with E-state index in [4.69, 9.17) is 4.42 Å². The smallest absolute Gasteiger partial charge is 0.261 e. The average molecular weight is 375 g/mol. The second kappa shape index (κ2) is 6.03. The molecule has 4 heterocycles. The van der Waals surface area contributed by atoms with E-state index in [1.807, 2.05) is 48.8 Å². The topological polar surface area (TPSA) is 85.3 Å². The number of anilines is 1. The molecule has 132 valence electrons. The van der Waals surface area contributed by atoms with E-state index in [0.717, 1.165) is 27.8 Å². The van der Waals surface area contributed by atoms with Crippen LogP contribution < -0.4 is 5.32 Å². The fraction of sp³-hybridized carbons (Fsp3) is 0.0526. The van der Waals surface area contributed by atoms with E-state index in [9.17, 15) is 4.79 Å². The van der Waals surface area contributed by atoms with Crippen LogP contribution in [0.25, 0.3) is 27.7 Å². The molecule has 0 unspecified atom stereocenters. The summed E-state index contributed by atoms with van der Waals surface area (Å²) in [5, 5.41) is 14.3. The van der Waals surface area contributed by atoms with Crippen LogP contribution in [0.4, 0.5) is 5.13 Å². The number of rotatable bonds is 3. The zero-order valence-corrected chi connectivity index (χ0v) is 15.0. The first kappa shape index (κ1) is 15.7. The summed E-state index contributed by atoms with van der Waals surface area (Å²) in [5.41, 5.74) is 4.47. The Bertz CT molecular complexity index is 1300. The zero-order valence-electron chi connectivity index (χ0n) is 14.2. The van der Waals surface area contributed by atoms with E-state index < -0.39 is 0 Å². The zero-order chi connectivity index (χ0) is 18.4. The number of hydrogen-bond acceptors (Lipinski definition) is 6. The molecule has 1 N–H and O–H groups in total. The summed E-state index contributed by atoms with van der Waals surface area (Å²) in [5.74, 6) is -0.270. The van der Waals surface area contributed by atoms with Gasteiger partial charge in [-0.1, -0.05) is 6.07 Å². The summed E-state index contributed by atoms with van der Waals surface area (Å²) >= 11 is 1.39. The number of aromatic nitrogens is 4. The van der Waals surface area contributed by atoms with Crippen molar-refractivity contribution in [3.05, 3.63) is 65.8 Å². The average Bonchev–Trinajstić information content (AvgIpc) is 3.40. The lowest BCUT2D eigenvalue weighted by Gasteiger charge is -2.08. The molecule has 7 nitrogen and oxygen atoms in total. The van der Waals surface area contributed by atoms with Crippen molar-refractivity contribution in [3.63, 3.8) is 0 Å². The van der Waals surface area contributed by atoms with Gasteiger partial charge in [-0.05, 0) is 42.3 Å². The van der Waals surface area contributed by atoms with Crippen molar-refractivity contribution in [1.82, 2.24) is 19.6 Å². The lowest BCUT2D eigenvalue weighted by Crippen LogP contribution is -2.13. The van der Waals surface area contributed by atoms with Crippen molar-refractivity contribution in [2.45, 2.75) is 6.92 Å². The summed E-state index contributed by atoms with van der Waals surface area (Å²) in [4.78, 5) is 17.1. The number of thiazole rings is 1. The number of hydrogen-bond donors (Lipinski definition) is 1. The summed E-state index contributed by atoms with van der Waals surface area (Å²) < 4.78 is 7.15. The standard InChI is InChI=1S/C19H13N5O2S/c1-11-9-27-19(21-11)22-18(25)15-7-14(8-24-10-20-23-17(15)24)12-2-3-16-13(6-12)4-5-26-16/h2-10H,1H3,(H,21,22,25). The molecular formula is C19H13N5O2S. The van der Waals surface area contributed by atoms with Gasteiger partial charge in [-0.25, -0.2) is 4.98 Å². The Hall–Kier alpha value is -3.52. The van der Waals surface area contributed by atoms with E-state index in [-0.39, 0.29) is 5.91 Å². The van der Waals surface area contributed by atoms with Crippen LogP contribution in [0.3, 0.4) is 0 Å². The summed E-state index contributed by atoms with van der Waals surface area (Å²) in [7, 11) is 0. The molecule has 5 rings (SSSR count). The minimum atomic E-state index is -0.270. The van der Waals surface area contributed by atoms with E-state index in [0.29, 0.717) is 16.3 Å². The maximum Gasteiger partial charge on any atom is 0.261 e. The third kappa shape index (κ3) is 2.76. The molecule has 1 amide bonds. The van der Waals surface area contributed by atoms with Gasteiger partial charge in [0.2, 0.25) is 0 Å². The van der Waals surface area contributed by atoms with E-state index >= 15 is 0 Å². The number of fused-ring (bicyclic) bond motifs is 2. The number of amides is 1. The molecule has 0 aliphatic rings. The minimum Gasteiger partial charge on any atom is -0.464 e. The van der Waals surface area contributed by atoms with Crippen LogP contribution in [-0.2, 0) is 0 Å². The summed E-state index contributed by atoms with van der Waals surface area (Å²) in [6.07, 6.45) is 5.15. The number of nitrogens with zero attached hydrogens (tertiary/aromatic N) is 4. The molecule has 0 aliphatic heterocycles. The number of pyridine rings is 1. The van der Waals surface area contributed by atoms with Crippen molar-refractivity contribution in [3.8, 4) is 11.1 Å². The van der Waals surface area contributed by atoms with Crippen LogP contribution in [0.2, 0.25) is 0 Å². The summed E-state index contributed by atoms with van der Waals surface area (Å²) in [6.45, 7) is 1.88. The predicted octanol–water partition coefficient (Wildman–Crippen LogP) is 4.16. The van der Waals surface area contributed by atoms with Gasteiger partial charge < -0.3 is 4.42 Å². The molecule has 4 aromatic heterocycles. The molecule has 0 bridgehead atoms. The first-order valence-electron chi connectivity index (χ1n) is 8.22. The number of nitrogens with one attached hydrogen (secondary N) is 1. The monoisotopic (exact) mass is 375 g/mol. The van der Waals surface area contributed by atoms with Gasteiger partial charge >= 0.3 is 0 Å². The Kier molecular flexibility index (Phi) is 3.51. The normalized spacial score (nSPS) is 11.3. The van der Waals surface area contributed by atoms with Crippen LogP contribution in [0.5, 0.6) is 0 Å². The largest absolute Gasteiger partial charge is 0.464 e. The maximum atomic E-state index is 12.8. The van der Waals surface area contributed by atoms with Gasteiger partial charge in [0.1, 0.15) is 11.9 Å². The highest BCUT2D eigenvalue weighted by Gasteiger charge is 2.16. The molecule has 5 aromatic rings. The van der Waals surface area contributed by atoms with Gasteiger partial charge in [0.05, 0.1) is 17.5 Å². The number of benzene rings is 1. The Balaban J connectivity index is 1.61. The third-order valence-electron chi connectivity index (χ3n) is 4.26. The fourth-order valence-corrected chi connectivity index (χ4v) is 3.67. The van der Waals surface area contributed by atoms with E-state index in [2.05, 4.69) is 20.5 Å². The lowest BCUT2D eigenvalue weighted by atomic mass is 10.0. The van der Waals surface area contributed by atoms with Crippen molar-refractivity contribution in [1.29, 1.82) is 0 Å². The van der Waals surface area contributed by atoms with Crippen LogP contribution in [0, 0.1) is 6.92 Å². The molecule has 0 radical (unpaired) electrons. The summed E-state index contributed by atoms with van der Waals surface area (Å²) in [6, 6.07) is 9.63. The van der Waals surface area contributed by atoms with Gasteiger partial charge in [0.25, 0.3) is 5.91 Å². The van der Waals surface area contributed by atoms with Crippen molar-refractivity contribution < 1.29 is 9.21 Å². The molecule has 0 saturated carbocycles. The predicted molar refractivity (Wildman–Crippen MR) is 103 cm³/mol. The van der Waals surface area contributed by atoms with Crippen LogP contribution >= 0.6 is 11.3 Å². The van der Waals surface area contributed by atoms with Crippen molar-refractivity contribution in [2.24, 2.45) is 0 Å². The van der Waals surface area contributed by atoms with Gasteiger partial charge in [0.15, 0.2) is 10.8 Å². The third-order valence-corrected chi connectivity index (χ3v) is 5.14. The number of carbonyl (C=O) groups excluding carboxylic acids is 1. The molecule has 8 heteroatoms. The molecule has 0 fully saturated rings. The van der Waals surface area contributed by atoms with Crippen molar-refractivity contribution in [2.75, 3.05) is 5.32 Å². The first-order chi connectivity index (χ1) is 13.2. The number of furan rings is 1. The second-order valence-electron chi connectivity index (χ2n) is 6.13. The highest BCUT2D eigenvalue weighted by molar-refractivity contribution is 7.13. The molecule has 0 atom stereocenters. The van der Waals surface area contributed by atoms with Crippen LogP contribution in [0.1, 0.15) is 16.1 Å².